The van der Waals surface area contributed by atoms with Gasteiger partial charge in [-0.15, -0.1) is 0 Å². The Bertz CT molecular complexity index is 461. The lowest BCUT2D eigenvalue weighted by molar-refractivity contribution is -0.122. The van der Waals surface area contributed by atoms with Crippen LogP contribution in [0.15, 0.2) is 30.3 Å². The highest BCUT2D eigenvalue weighted by molar-refractivity contribution is 5.82. The van der Waals surface area contributed by atoms with Gasteiger partial charge in [0.2, 0.25) is 5.91 Å². The van der Waals surface area contributed by atoms with E-state index < -0.39 is 0 Å². The summed E-state index contributed by atoms with van der Waals surface area (Å²) in [7, 11) is 0. The van der Waals surface area contributed by atoms with Crippen molar-refractivity contribution < 1.29 is 4.79 Å². The molecule has 0 aliphatic rings. The van der Waals surface area contributed by atoms with E-state index in [1.54, 1.807) is 0 Å². The second-order valence-corrected chi connectivity index (χ2v) is 7.86. The van der Waals surface area contributed by atoms with Gasteiger partial charge < -0.3 is 0 Å². The smallest absolute Gasteiger partial charge is 0.241 e. The summed E-state index contributed by atoms with van der Waals surface area (Å²) in [5.74, 6) is 5.17. The normalized spacial score (nSPS) is 11.6. The molecule has 1 aromatic carbocycles. The molecular formula is C25H46N2O. The standard InChI is InChI=1S/C24H42N2O.CH4/c1-2-3-4-5-6-7-8-9-10-11-12-13-14-18-21-23(24(27)26-25)22-19-16-15-17-20-22;/h15-17,19-20,23H,2-14,18,21,25H2,1H3,(H,26,27);1H4. The quantitative estimate of drug-likeness (QED) is 0.127. The van der Waals surface area contributed by atoms with Crippen LogP contribution in [0, 0.1) is 0 Å². The number of carbonyl (C=O) groups is 1. The van der Waals surface area contributed by atoms with Gasteiger partial charge in [-0.1, -0.05) is 135 Å². The topological polar surface area (TPSA) is 55.1 Å². The average molecular weight is 391 g/mol. The Morgan fingerprint density at radius 3 is 1.64 bits per heavy atom. The molecule has 0 fully saturated rings. The van der Waals surface area contributed by atoms with Crippen LogP contribution in [-0.2, 0) is 4.79 Å². The van der Waals surface area contributed by atoms with Gasteiger partial charge in [-0.3, -0.25) is 10.2 Å². The van der Waals surface area contributed by atoms with Gasteiger partial charge in [-0.2, -0.15) is 0 Å². The number of amides is 1. The summed E-state index contributed by atoms with van der Waals surface area (Å²) in [6.07, 6.45) is 19.8. The van der Waals surface area contributed by atoms with Crippen LogP contribution < -0.4 is 11.3 Å². The Hall–Kier alpha value is -1.35. The second-order valence-electron chi connectivity index (χ2n) is 7.86. The van der Waals surface area contributed by atoms with E-state index in [1.807, 2.05) is 30.3 Å². The molecule has 162 valence electrons. The maximum absolute atomic E-state index is 12.0. The fourth-order valence-corrected chi connectivity index (χ4v) is 3.78. The summed E-state index contributed by atoms with van der Waals surface area (Å²) in [5.41, 5.74) is 3.39. The summed E-state index contributed by atoms with van der Waals surface area (Å²) in [6, 6.07) is 9.98. The van der Waals surface area contributed by atoms with Crippen LogP contribution in [-0.4, -0.2) is 5.91 Å². The average Bonchev–Trinajstić information content (AvgIpc) is 2.71. The highest BCUT2D eigenvalue weighted by atomic mass is 16.2. The lowest BCUT2D eigenvalue weighted by Crippen LogP contribution is -2.34. The van der Waals surface area contributed by atoms with Crippen molar-refractivity contribution in [2.45, 2.75) is 117 Å². The molecule has 0 radical (unpaired) electrons. The van der Waals surface area contributed by atoms with Gasteiger partial charge in [0.05, 0.1) is 5.92 Å². The minimum absolute atomic E-state index is 0. The van der Waals surface area contributed by atoms with Crippen molar-refractivity contribution in [1.29, 1.82) is 0 Å². The molecule has 0 saturated carbocycles. The number of hydrogen-bond acceptors (Lipinski definition) is 2. The predicted molar refractivity (Wildman–Crippen MR) is 123 cm³/mol. The molecule has 1 rings (SSSR count). The van der Waals surface area contributed by atoms with E-state index in [-0.39, 0.29) is 19.3 Å². The van der Waals surface area contributed by atoms with Crippen molar-refractivity contribution in [2.24, 2.45) is 5.84 Å². The van der Waals surface area contributed by atoms with Crippen LogP contribution in [0.1, 0.15) is 122 Å². The van der Waals surface area contributed by atoms with Gasteiger partial charge in [-0.25, -0.2) is 5.84 Å². The molecular weight excluding hydrogens is 344 g/mol. The van der Waals surface area contributed by atoms with Gasteiger partial charge in [0.1, 0.15) is 0 Å². The summed E-state index contributed by atoms with van der Waals surface area (Å²) in [6.45, 7) is 2.28. The van der Waals surface area contributed by atoms with Gasteiger partial charge in [0.15, 0.2) is 0 Å². The third kappa shape index (κ3) is 12.9. The molecule has 0 heterocycles. The Morgan fingerprint density at radius 2 is 1.21 bits per heavy atom. The number of carbonyl (C=O) groups excluding carboxylic acids is 1. The van der Waals surface area contributed by atoms with E-state index in [2.05, 4.69) is 12.3 Å². The van der Waals surface area contributed by atoms with Crippen LogP contribution in [0.3, 0.4) is 0 Å². The zero-order valence-electron chi connectivity index (χ0n) is 17.6. The third-order valence-electron chi connectivity index (χ3n) is 5.51. The summed E-state index contributed by atoms with van der Waals surface area (Å²) in [4.78, 5) is 12.0. The molecule has 3 N–H and O–H groups in total. The van der Waals surface area contributed by atoms with Crippen LogP contribution in [0.5, 0.6) is 0 Å². The Kier molecular flexibility index (Phi) is 18.1. The van der Waals surface area contributed by atoms with Crippen molar-refractivity contribution in [3.63, 3.8) is 0 Å². The first-order valence-electron chi connectivity index (χ1n) is 11.3. The Balaban J connectivity index is 0.00000729. The molecule has 1 unspecified atom stereocenters. The lowest BCUT2D eigenvalue weighted by atomic mass is 9.92. The predicted octanol–water partition coefficient (Wildman–Crippen LogP) is 7.27. The highest BCUT2D eigenvalue weighted by Crippen LogP contribution is 2.23. The summed E-state index contributed by atoms with van der Waals surface area (Å²) >= 11 is 0. The molecule has 0 spiro atoms. The zero-order chi connectivity index (χ0) is 19.6. The maximum Gasteiger partial charge on any atom is 0.241 e. The fraction of sp³-hybridized carbons (Fsp3) is 0.720. The summed E-state index contributed by atoms with van der Waals surface area (Å²) in [5, 5.41) is 0. The number of nitrogens with one attached hydrogen (secondary N) is 1. The largest absolute Gasteiger partial charge is 0.294 e. The molecule has 1 aromatic rings. The van der Waals surface area contributed by atoms with Crippen LogP contribution in [0.2, 0.25) is 0 Å². The zero-order valence-corrected chi connectivity index (χ0v) is 17.6. The molecule has 0 aromatic heterocycles. The van der Waals surface area contributed by atoms with Crippen molar-refractivity contribution in [2.75, 3.05) is 0 Å². The van der Waals surface area contributed by atoms with Crippen molar-refractivity contribution in [3.8, 4) is 0 Å². The Morgan fingerprint density at radius 1 is 0.786 bits per heavy atom. The monoisotopic (exact) mass is 390 g/mol. The van der Waals surface area contributed by atoms with Gasteiger partial charge in [-0.05, 0) is 12.0 Å². The lowest BCUT2D eigenvalue weighted by Gasteiger charge is -2.15. The molecule has 0 saturated heterocycles. The first kappa shape index (κ1) is 26.6. The van der Waals surface area contributed by atoms with Crippen molar-refractivity contribution >= 4 is 5.91 Å². The molecule has 3 heteroatoms. The van der Waals surface area contributed by atoms with Crippen molar-refractivity contribution in [1.82, 2.24) is 5.43 Å². The van der Waals surface area contributed by atoms with E-state index in [0.29, 0.717) is 0 Å². The first-order chi connectivity index (χ1) is 13.3. The van der Waals surface area contributed by atoms with E-state index in [9.17, 15) is 4.79 Å². The number of hydrogen-bond donors (Lipinski definition) is 2. The maximum atomic E-state index is 12.0. The van der Waals surface area contributed by atoms with Crippen molar-refractivity contribution in [3.05, 3.63) is 35.9 Å². The second kappa shape index (κ2) is 19.0. The molecule has 3 nitrogen and oxygen atoms in total. The molecule has 1 atom stereocenters. The van der Waals surface area contributed by atoms with Gasteiger partial charge in [0, 0.05) is 0 Å². The van der Waals surface area contributed by atoms with E-state index in [1.165, 1.54) is 83.5 Å². The Labute approximate surface area is 174 Å². The molecule has 28 heavy (non-hydrogen) atoms. The van der Waals surface area contributed by atoms with Crippen LogP contribution in [0.4, 0.5) is 0 Å². The fourth-order valence-electron chi connectivity index (χ4n) is 3.78. The number of benzene rings is 1. The van der Waals surface area contributed by atoms with Gasteiger partial charge >= 0.3 is 0 Å². The minimum Gasteiger partial charge on any atom is -0.294 e. The van der Waals surface area contributed by atoms with E-state index in [4.69, 9.17) is 5.84 Å². The number of hydrazine groups is 1. The molecule has 0 aliphatic carbocycles. The molecule has 0 aliphatic heterocycles. The third-order valence-corrected chi connectivity index (χ3v) is 5.51. The number of nitrogens with two attached hydrogens (primary N) is 1. The van der Waals surface area contributed by atoms with Gasteiger partial charge in [0.25, 0.3) is 0 Å². The number of rotatable bonds is 17. The van der Waals surface area contributed by atoms with Crippen LogP contribution in [0.25, 0.3) is 0 Å². The molecule has 0 bridgehead atoms. The SMILES string of the molecule is C.CCCCCCCCCCCCCCCCC(C(=O)NN)c1ccccc1. The number of unbranched alkanes of at least 4 members (excludes halogenated alkanes) is 13. The molecule has 1 amide bonds. The summed E-state index contributed by atoms with van der Waals surface area (Å²) < 4.78 is 0. The van der Waals surface area contributed by atoms with E-state index >= 15 is 0 Å². The van der Waals surface area contributed by atoms with E-state index in [0.717, 1.165) is 18.4 Å². The van der Waals surface area contributed by atoms with Crippen LogP contribution >= 0.6 is 0 Å². The minimum atomic E-state index is -0.117. The first-order valence-corrected chi connectivity index (χ1v) is 11.3. The highest BCUT2D eigenvalue weighted by Gasteiger charge is 2.18.